The summed E-state index contributed by atoms with van der Waals surface area (Å²) in [6.45, 7) is 0.766. The van der Waals surface area contributed by atoms with Crippen LogP contribution < -0.4 is 0 Å². The summed E-state index contributed by atoms with van der Waals surface area (Å²) in [5.41, 5.74) is 0.974. The van der Waals surface area contributed by atoms with Gasteiger partial charge in [0, 0.05) is 36.2 Å². The molecule has 0 spiro atoms. The monoisotopic (exact) mass is 376 g/mol. The van der Waals surface area contributed by atoms with E-state index in [1.807, 2.05) is 36.3 Å². The normalized spacial score (nSPS) is 37.8. The molecule has 4 aliphatic rings. The van der Waals surface area contributed by atoms with Crippen LogP contribution in [0.4, 0.5) is 0 Å². The van der Waals surface area contributed by atoms with Gasteiger partial charge in [0.15, 0.2) is 0 Å². The molecule has 1 amide bonds. The number of hydrogen-bond acceptors (Lipinski definition) is 2. The third kappa shape index (κ3) is 2.84. The Morgan fingerprint density at radius 2 is 2.04 bits per heavy atom. The third-order valence-electron chi connectivity index (χ3n) is 6.22. The van der Waals surface area contributed by atoms with E-state index in [4.69, 9.17) is 0 Å². The first kappa shape index (κ1) is 15.6. The van der Waals surface area contributed by atoms with Crippen molar-refractivity contribution in [2.75, 3.05) is 13.6 Å². The largest absolute Gasteiger partial charge is 0.345 e. The minimum Gasteiger partial charge on any atom is -0.345 e. The first-order valence-electron chi connectivity index (χ1n) is 8.82. The van der Waals surface area contributed by atoms with Gasteiger partial charge in [-0.15, -0.1) is 0 Å². The van der Waals surface area contributed by atoms with Crippen LogP contribution in [-0.4, -0.2) is 33.7 Å². The second-order valence-corrected chi connectivity index (χ2v) is 9.87. The Bertz CT molecular complexity index is 589. The molecule has 1 heterocycles. The number of alkyl halides is 1. The summed E-state index contributed by atoms with van der Waals surface area (Å²) in [6.07, 6.45) is 9.83. The molecule has 5 rings (SSSR count). The van der Waals surface area contributed by atoms with E-state index in [1.165, 1.54) is 19.3 Å². The minimum atomic E-state index is -0.0908. The molecule has 0 saturated heterocycles. The summed E-state index contributed by atoms with van der Waals surface area (Å²) in [5, 5.41) is 0. The fourth-order valence-electron chi connectivity index (χ4n) is 5.74. The lowest BCUT2D eigenvalue weighted by Gasteiger charge is -2.60. The number of pyridine rings is 1. The van der Waals surface area contributed by atoms with Crippen molar-refractivity contribution >= 4 is 21.8 Å². The van der Waals surface area contributed by atoms with Crippen molar-refractivity contribution in [3.8, 4) is 0 Å². The zero-order valence-electron chi connectivity index (χ0n) is 13.8. The SMILES string of the molecule is CN(CCc1ccccn1)C(=O)C12CC3CC(CC(Br)(C3)C1)C2. The van der Waals surface area contributed by atoms with Gasteiger partial charge >= 0.3 is 0 Å². The van der Waals surface area contributed by atoms with Gasteiger partial charge in [0.2, 0.25) is 5.91 Å². The van der Waals surface area contributed by atoms with E-state index in [2.05, 4.69) is 20.9 Å². The molecular formula is C19H25BrN2O. The molecule has 0 aliphatic heterocycles. The van der Waals surface area contributed by atoms with Crippen molar-refractivity contribution < 1.29 is 4.79 Å². The van der Waals surface area contributed by atoms with E-state index in [9.17, 15) is 4.79 Å². The smallest absolute Gasteiger partial charge is 0.228 e. The zero-order chi connectivity index (χ0) is 16.1. The second kappa shape index (κ2) is 5.58. The predicted octanol–water partition coefficient (Wildman–Crippen LogP) is 3.82. The highest BCUT2D eigenvalue weighted by atomic mass is 79.9. The molecule has 1 aromatic rings. The summed E-state index contributed by atoms with van der Waals surface area (Å²) in [4.78, 5) is 19.6. The van der Waals surface area contributed by atoms with Crippen molar-refractivity contribution in [2.45, 2.75) is 49.3 Å². The molecule has 4 bridgehead atoms. The lowest BCUT2D eigenvalue weighted by Crippen LogP contribution is -2.58. The number of hydrogen-bond donors (Lipinski definition) is 0. The van der Waals surface area contributed by atoms with Gasteiger partial charge in [0.1, 0.15) is 0 Å². The number of aromatic nitrogens is 1. The Kier molecular flexibility index (Phi) is 3.79. The zero-order valence-corrected chi connectivity index (χ0v) is 15.4. The van der Waals surface area contributed by atoms with Crippen molar-refractivity contribution in [3.05, 3.63) is 30.1 Å². The first-order chi connectivity index (χ1) is 11.0. The van der Waals surface area contributed by atoms with E-state index in [-0.39, 0.29) is 9.74 Å². The molecule has 4 aliphatic carbocycles. The van der Waals surface area contributed by atoms with Crippen molar-refractivity contribution in [3.63, 3.8) is 0 Å². The lowest BCUT2D eigenvalue weighted by molar-refractivity contribution is -0.154. The van der Waals surface area contributed by atoms with Crippen LogP contribution in [0.5, 0.6) is 0 Å². The van der Waals surface area contributed by atoms with Gasteiger partial charge < -0.3 is 4.90 Å². The van der Waals surface area contributed by atoms with Gasteiger partial charge in [-0.3, -0.25) is 9.78 Å². The van der Waals surface area contributed by atoms with Crippen LogP contribution in [0.1, 0.15) is 44.2 Å². The van der Waals surface area contributed by atoms with Gasteiger partial charge in [0.05, 0.1) is 5.41 Å². The molecule has 4 fully saturated rings. The number of carbonyl (C=O) groups excluding carboxylic acids is 1. The van der Waals surface area contributed by atoms with Crippen LogP contribution in [0, 0.1) is 17.3 Å². The Morgan fingerprint density at radius 1 is 1.30 bits per heavy atom. The molecule has 4 saturated carbocycles. The van der Waals surface area contributed by atoms with Crippen LogP contribution in [0.2, 0.25) is 0 Å². The van der Waals surface area contributed by atoms with E-state index in [0.717, 1.165) is 49.8 Å². The molecule has 3 nitrogen and oxygen atoms in total. The van der Waals surface area contributed by atoms with Crippen LogP contribution in [0.15, 0.2) is 24.4 Å². The summed E-state index contributed by atoms with van der Waals surface area (Å²) in [6, 6.07) is 5.98. The number of rotatable bonds is 4. The standard InChI is InChI=1S/C19H25BrN2O/c1-22(7-5-16-4-2-3-6-21-16)17(23)18-9-14-8-15(10-18)12-19(20,11-14)13-18/h2-4,6,14-15H,5,7-13H2,1H3. The maximum Gasteiger partial charge on any atom is 0.228 e. The Hall–Kier alpha value is -0.900. The molecule has 2 atom stereocenters. The van der Waals surface area contributed by atoms with Gasteiger partial charge in [-0.2, -0.15) is 0 Å². The molecule has 23 heavy (non-hydrogen) atoms. The Labute approximate surface area is 147 Å². The van der Waals surface area contributed by atoms with Crippen molar-refractivity contribution in [1.82, 2.24) is 9.88 Å². The topological polar surface area (TPSA) is 33.2 Å². The van der Waals surface area contributed by atoms with E-state index in [0.29, 0.717) is 5.91 Å². The van der Waals surface area contributed by atoms with E-state index < -0.39 is 0 Å². The average molecular weight is 377 g/mol. The number of likely N-dealkylation sites (N-methyl/N-ethyl adjacent to an activating group) is 1. The number of nitrogens with zero attached hydrogens (tertiary/aromatic N) is 2. The van der Waals surface area contributed by atoms with E-state index in [1.54, 1.807) is 0 Å². The summed E-state index contributed by atoms with van der Waals surface area (Å²) < 4.78 is 0.245. The fourth-order valence-corrected chi connectivity index (χ4v) is 7.19. The van der Waals surface area contributed by atoms with Crippen LogP contribution >= 0.6 is 15.9 Å². The molecule has 124 valence electrons. The van der Waals surface area contributed by atoms with Gasteiger partial charge in [0.25, 0.3) is 0 Å². The number of amides is 1. The summed E-state index contributed by atoms with van der Waals surface area (Å²) >= 11 is 4.00. The molecule has 2 unspecified atom stereocenters. The van der Waals surface area contributed by atoms with Crippen LogP contribution in [-0.2, 0) is 11.2 Å². The first-order valence-corrected chi connectivity index (χ1v) is 9.62. The fraction of sp³-hybridized carbons (Fsp3) is 0.684. The van der Waals surface area contributed by atoms with Crippen LogP contribution in [0.3, 0.4) is 0 Å². The maximum absolute atomic E-state index is 13.2. The predicted molar refractivity (Wildman–Crippen MR) is 94.4 cm³/mol. The highest BCUT2D eigenvalue weighted by molar-refractivity contribution is 9.10. The third-order valence-corrected chi connectivity index (χ3v) is 7.15. The second-order valence-electron chi connectivity index (χ2n) is 8.19. The average Bonchev–Trinajstić information content (AvgIpc) is 2.50. The lowest BCUT2D eigenvalue weighted by atomic mass is 9.49. The minimum absolute atomic E-state index is 0.0908. The molecule has 1 aromatic heterocycles. The molecule has 0 radical (unpaired) electrons. The van der Waals surface area contributed by atoms with Crippen molar-refractivity contribution in [2.24, 2.45) is 17.3 Å². The van der Waals surface area contributed by atoms with E-state index >= 15 is 0 Å². The number of carbonyl (C=O) groups is 1. The molecular weight excluding hydrogens is 352 g/mol. The highest BCUT2D eigenvalue weighted by Gasteiger charge is 2.60. The summed E-state index contributed by atoms with van der Waals surface area (Å²) in [7, 11) is 1.98. The summed E-state index contributed by atoms with van der Waals surface area (Å²) in [5.74, 6) is 1.89. The quantitative estimate of drug-likeness (QED) is 0.748. The number of halogens is 1. The van der Waals surface area contributed by atoms with Crippen molar-refractivity contribution in [1.29, 1.82) is 0 Å². The Balaban J connectivity index is 1.46. The molecule has 0 aromatic carbocycles. The van der Waals surface area contributed by atoms with Gasteiger partial charge in [-0.05, 0) is 62.5 Å². The van der Waals surface area contributed by atoms with Gasteiger partial charge in [-0.25, -0.2) is 0 Å². The van der Waals surface area contributed by atoms with Crippen LogP contribution in [0.25, 0.3) is 0 Å². The maximum atomic E-state index is 13.2. The molecule has 0 N–H and O–H groups in total. The Morgan fingerprint density at radius 3 is 2.65 bits per heavy atom. The molecule has 4 heteroatoms. The van der Waals surface area contributed by atoms with Gasteiger partial charge in [-0.1, -0.05) is 22.0 Å². The highest BCUT2D eigenvalue weighted by Crippen LogP contribution is 2.64.